The van der Waals surface area contributed by atoms with Crippen LogP contribution in [0.4, 0.5) is 32.2 Å². The number of halogens is 6. The molecule has 1 saturated heterocycles. The van der Waals surface area contributed by atoms with Crippen molar-refractivity contribution < 1.29 is 43.7 Å². The monoisotopic (exact) mass is 478 g/mol. The molecule has 1 aromatic heterocycles. The van der Waals surface area contributed by atoms with Gasteiger partial charge in [-0.15, -0.1) is 0 Å². The van der Waals surface area contributed by atoms with E-state index in [4.69, 9.17) is 4.74 Å². The van der Waals surface area contributed by atoms with Crippen LogP contribution in [0.5, 0.6) is 11.6 Å². The maximum absolute atomic E-state index is 13.5. The summed E-state index contributed by atoms with van der Waals surface area (Å²) in [5.74, 6) is -1.55. The van der Waals surface area contributed by atoms with Crippen molar-refractivity contribution in [2.45, 2.75) is 76.2 Å². The summed E-state index contributed by atoms with van der Waals surface area (Å²) in [6, 6.07) is -0.358. The Kier molecular flexibility index (Phi) is 7.28. The van der Waals surface area contributed by atoms with Crippen molar-refractivity contribution in [3.8, 4) is 11.6 Å². The van der Waals surface area contributed by atoms with Crippen molar-refractivity contribution in [2.75, 3.05) is 11.4 Å². The van der Waals surface area contributed by atoms with Crippen molar-refractivity contribution in [3.05, 3.63) is 12.1 Å². The van der Waals surface area contributed by atoms with Crippen molar-refractivity contribution in [1.29, 1.82) is 0 Å². The van der Waals surface area contributed by atoms with E-state index < -0.39 is 39.2 Å². The van der Waals surface area contributed by atoms with E-state index in [2.05, 4.69) is 9.17 Å². The Hall–Kier alpha value is -1.92. The molecule has 1 atom stereocenters. The molecule has 0 saturated carbocycles. The van der Waals surface area contributed by atoms with Crippen LogP contribution in [-0.2, 0) is 10.1 Å². The summed E-state index contributed by atoms with van der Waals surface area (Å²) in [4.78, 5) is 4.91. The van der Waals surface area contributed by atoms with Crippen LogP contribution in [-0.4, -0.2) is 43.3 Å². The van der Waals surface area contributed by atoms with E-state index in [0.29, 0.717) is 25.7 Å². The highest BCUT2D eigenvalue weighted by molar-refractivity contribution is 7.88. The topological polar surface area (TPSA) is 68.7 Å². The Balaban J connectivity index is 2.52. The van der Waals surface area contributed by atoms with Crippen LogP contribution < -0.4 is 13.8 Å². The van der Waals surface area contributed by atoms with E-state index in [1.165, 1.54) is 0 Å². The zero-order chi connectivity index (χ0) is 23.7. The summed E-state index contributed by atoms with van der Waals surface area (Å²) in [7, 11) is -6.03. The summed E-state index contributed by atoms with van der Waals surface area (Å²) >= 11 is 0. The molecule has 1 fully saturated rings. The van der Waals surface area contributed by atoms with Gasteiger partial charge in [0.15, 0.2) is 5.75 Å². The predicted molar refractivity (Wildman–Crippen MR) is 100 cm³/mol. The molecule has 0 amide bonds. The second-order valence-corrected chi connectivity index (χ2v) is 9.38. The average Bonchev–Trinajstić information content (AvgIpc) is 2.58. The fourth-order valence-electron chi connectivity index (χ4n) is 3.37. The molecular formula is C18H24F6N2O4S. The number of ether oxygens (including phenoxy) is 1. The van der Waals surface area contributed by atoms with E-state index in [1.807, 2.05) is 6.92 Å². The minimum atomic E-state index is -6.03. The smallest absolute Gasteiger partial charge is 0.471 e. The molecule has 0 bridgehead atoms. The van der Waals surface area contributed by atoms with Crippen molar-refractivity contribution in [3.63, 3.8) is 0 Å². The standard InChI is InChI=1S/C18H24F6N2O4S/c1-4-8-16(2,3)29-15-11-12(30-31(27,28)18(22,23)24)10-14(25-15)26-9-6-5-7-13(26)17(19,20)21/h10-11,13H,4-9H2,1-3H3. The number of anilines is 1. The summed E-state index contributed by atoms with van der Waals surface area (Å²) < 4.78 is 111. The lowest BCUT2D eigenvalue weighted by Crippen LogP contribution is -2.49. The van der Waals surface area contributed by atoms with Gasteiger partial charge < -0.3 is 13.8 Å². The molecule has 1 aliphatic rings. The lowest BCUT2D eigenvalue weighted by atomic mass is 10.0. The third-order valence-corrected chi connectivity index (χ3v) is 5.64. The lowest BCUT2D eigenvalue weighted by Gasteiger charge is -2.38. The van der Waals surface area contributed by atoms with Gasteiger partial charge in [-0.2, -0.15) is 39.7 Å². The first-order valence-electron chi connectivity index (χ1n) is 9.61. The van der Waals surface area contributed by atoms with Crippen LogP contribution in [0, 0.1) is 0 Å². The maximum atomic E-state index is 13.5. The van der Waals surface area contributed by atoms with Crippen LogP contribution in [0.3, 0.4) is 0 Å². The zero-order valence-electron chi connectivity index (χ0n) is 17.2. The Bertz CT molecular complexity index is 871. The molecule has 178 valence electrons. The van der Waals surface area contributed by atoms with Gasteiger partial charge in [0.1, 0.15) is 17.5 Å². The first-order valence-corrected chi connectivity index (χ1v) is 11.0. The molecule has 0 spiro atoms. The van der Waals surface area contributed by atoms with Gasteiger partial charge in [-0.05, 0) is 39.5 Å². The SMILES string of the molecule is CCCC(C)(C)Oc1cc(OS(=O)(=O)C(F)(F)F)cc(N2CCCCC2C(F)(F)F)n1. The first kappa shape index (κ1) is 25.3. The normalized spacial score (nSPS) is 18.7. The van der Waals surface area contributed by atoms with Crippen molar-refractivity contribution in [1.82, 2.24) is 4.98 Å². The van der Waals surface area contributed by atoms with Crippen LogP contribution in [0.1, 0.15) is 52.9 Å². The van der Waals surface area contributed by atoms with Gasteiger partial charge >= 0.3 is 21.8 Å². The first-order chi connectivity index (χ1) is 14.1. The van der Waals surface area contributed by atoms with Crippen LogP contribution in [0.25, 0.3) is 0 Å². The third-order valence-electron chi connectivity index (χ3n) is 4.66. The average molecular weight is 478 g/mol. The van der Waals surface area contributed by atoms with Gasteiger partial charge in [-0.1, -0.05) is 13.3 Å². The summed E-state index contributed by atoms with van der Waals surface area (Å²) in [6.07, 6.45) is -2.94. The lowest BCUT2D eigenvalue weighted by molar-refractivity contribution is -0.152. The number of aromatic nitrogens is 1. The molecule has 0 aliphatic carbocycles. The third kappa shape index (κ3) is 6.53. The highest BCUT2D eigenvalue weighted by Crippen LogP contribution is 2.38. The number of hydrogen-bond donors (Lipinski definition) is 0. The molecule has 0 N–H and O–H groups in total. The van der Waals surface area contributed by atoms with E-state index in [-0.39, 0.29) is 24.7 Å². The number of hydrogen-bond acceptors (Lipinski definition) is 6. The van der Waals surface area contributed by atoms with Gasteiger partial charge in [0.05, 0.1) is 0 Å². The molecule has 2 heterocycles. The van der Waals surface area contributed by atoms with Crippen molar-refractivity contribution in [2.24, 2.45) is 0 Å². The summed E-state index contributed by atoms with van der Waals surface area (Å²) in [5.41, 5.74) is -6.57. The van der Waals surface area contributed by atoms with Crippen LogP contribution in [0.15, 0.2) is 12.1 Å². The zero-order valence-corrected chi connectivity index (χ0v) is 18.0. The molecular weight excluding hydrogens is 454 g/mol. The number of alkyl halides is 6. The molecule has 13 heteroatoms. The minimum absolute atomic E-state index is 0.0650. The van der Waals surface area contributed by atoms with Gasteiger partial charge in [0.25, 0.3) is 0 Å². The predicted octanol–water partition coefficient (Wildman–Crippen LogP) is 5.19. The fourth-order valence-corrected chi connectivity index (χ4v) is 3.82. The van der Waals surface area contributed by atoms with E-state index in [9.17, 15) is 34.8 Å². The fraction of sp³-hybridized carbons (Fsp3) is 0.722. The molecule has 1 aliphatic heterocycles. The van der Waals surface area contributed by atoms with Crippen LogP contribution in [0.2, 0.25) is 0 Å². The number of rotatable bonds is 7. The number of pyridine rings is 1. The number of nitrogens with zero attached hydrogens (tertiary/aromatic N) is 2. The van der Waals surface area contributed by atoms with Gasteiger partial charge in [0, 0.05) is 18.7 Å². The van der Waals surface area contributed by atoms with E-state index >= 15 is 0 Å². The molecule has 31 heavy (non-hydrogen) atoms. The van der Waals surface area contributed by atoms with Gasteiger partial charge in [0.2, 0.25) is 5.88 Å². The molecule has 6 nitrogen and oxygen atoms in total. The van der Waals surface area contributed by atoms with Crippen molar-refractivity contribution >= 4 is 15.9 Å². The Morgan fingerprint density at radius 3 is 2.32 bits per heavy atom. The second kappa shape index (κ2) is 8.91. The minimum Gasteiger partial charge on any atom is -0.471 e. The molecule has 0 radical (unpaired) electrons. The Morgan fingerprint density at radius 1 is 1.13 bits per heavy atom. The van der Waals surface area contributed by atoms with Gasteiger partial charge in [-0.3, -0.25) is 0 Å². The van der Waals surface area contributed by atoms with Crippen LogP contribution >= 0.6 is 0 Å². The molecule has 1 aromatic rings. The highest BCUT2D eigenvalue weighted by Gasteiger charge is 2.49. The Morgan fingerprint density at radius 2 is 1.77 bits per heavy atom. The molecule has 0 aromatic carbocycles. The number of piperidine rings is 1. The van der Waals surface area contributed by atoms with E-state index in [1.54, 1.807) is 13.8 Å². The van der Waals surface area contributed by atoms with Gasteiger partial charge in [-0.25, -0.2) is 0 Å². The quantitative estimate of drug-likeness (QED) is 0.305. The largest absolute Gasteiger partial charge is 0.534 e. The Labute approximate surface area is 176 Å². The van der Waals surface area contributed by atoms with E-state index in [0.717, 1.165) is 17.0 Å². The summed E-state index contributed by atoms with van der Waals surface area (Å²) in [6.45, 7) is 5.13. The second-order valence-electron chi connectivity index (χ2n) is 7.84. The molecule has 1 unspecified atom stereocenters. The maximum Gasteiger partial charge on any atom is 0.534 e. The summed E-state index contributed by atoms with van der Waals surface area (Å²) in [5, 5.41) is 0. The highest BCUT2D eigenvalue weighted by atomic mass is 32.2. The molecule has 2 rings (SSSR count).